The van der Waals surface area contributed by atoms with Gasteiger partial charge in [0, 0.05) is 45.3 Å². The number of hydrogen-bond acceptors (Lipinski definition) is 4. The fraction of sp³-hybridized carbons (Fsp3) is 0.842. The molecule has 1 aliphatic carbocycles. The van der Waals surface area contributed by atoms with Gasteiger partial charge in [-0.2, -0.15) is 0 Å². The van der Waals surface area contributed by atoms with Gasteiger partial charge in [-0.25, -0.2) is 0 Å². The van der Waals surface area contributed by atoms with Crippen molar-refractivity contribution in [2.45, 2.75) is 71.9 Å². The van der Waals surface area contributed by atoms with E-state index in [2.05, 4.69) is 39.2 Å². The molecule has 1 heterocycles. The van der Waals surface area contributed by atoms with E-state index in [0.29, 0.717) is 6.04 Å². The van der Waals surface area contributed by atoms with Crippen molar-refractivity contribution in [2.24, 2.45) is 10.9 Å². The van der Waals surface area contributed by atoms with E-state index in [0.717, 1.165) is 63.4 Å². The van der Waals surface area contributed by atoms with Crippen LogP contribution in [0.2, 0.25) is 0 Å². The predicted octanol–water partition coefficient (Wildman–Crippen LogP) is 2.38. The van der Waals surface area contributed by atoms with Crippen molar-refractivity contribution in [3.63, 3.8) is 0 Å². The maximum atomic E-state index is 5.41. The highest BCUT2D eigenvalue weighted by atomic mass is 16.5. The molecule has 1 aromatic heterocycles. The number of hydrogen-bond donors (Lipinski definition) is 2. The van der Waals surface area contributed by atoms with Gasteiger partial charge in [0.05, 0.1) is 0 Å². The second kappa shape index (κ2) is 11.9. The first kappa shape index (κ1) is 20.7. The lowest BCUT2D eigenvalue weighted by molar-refractivity contribution is 0.146. The average molecular weight is 365 g/mol. The zero-order chi connectivity index (χ0) is 18.6. The molecule has 0 aromatic carbocycles. The van der Waals surface area contributed by atoms with Crippen LogP contribution in [0.3, 0.4) is 0 Å². The minimum Gasteiger partial charge on any atom is -0.382 e. The molecule has 0 saturated heterocycles. The molecule has 0 spiro atoms. The van der Waals surface area contributed by atoms with E-state index in [9.17, 15) is 0 Å². The van der Waals surface area contributed by atoms with Crippen LogP contribution < -0.4 is 10.6 Å². The third kappa shape index (κ3) is 7.32. The molecule has 1 aliphatic rings. The van der Waals surface area contributed by atoms with Gasteiger partial charge in [0.2, 0.25) is 0 Å². The van der Waals surface area contributed by atoms with Crippen LogP contribution in [-0.4, -0.2) is 53.1 Å². The van der Waals surface area contributed by atoms with Crippen molar-refractivity contribution >= 4 is 5.96 Å². The Kier molecular flexibility index (Phi) is 9.45. The Labute approximate surface area is 158 Å². The van der Waals surface area contributed by atoms with Gasteiger partial charge < -0.3 is 19.9 Å². The van der Waals surface area contributed by atoms with Crippen molar-refractivity contribution < 1.29 is 4.74 Å². The number of aromatic nitrogens is 3. The SMILES string of the molecule is CCOCCCN=C(NCCn1cnnc1CC)NC1CCC(C)CC1. The highest BCUT2D eigenvalue weighted by molar-refractivity contribution is 5.80. The number of aliphatic imine (C=N–C) groups is 1. The molecular formula is C19H36N6O. The summed E-state index contributed by atoms with van der Waals surface area (Å²) in [6.45, 7) is 10.5. The minimum absolute atomic E-state index is 0.533. The molecular weight excluding hydrogens is 328 g/mol. The van der Waals surface area contributed by atoms with Gasteiger partial charge >= 0.3 is 0 Å². The second-order valence-electron chi connectivity index (χ2n) is 7.10. The molecule has 1 saturated carbocycles. The molecule has 148 valence electrons. The van der Waals surface area contributed by atoms with Gasteiger partial charge in [-0.3, -0.25) is 4.99 Å². The molecule has 26 heavy (non-hydrogen) atoms. The lowest BCUT2D eigenvalue weighted by Gasteiger charge is -2.28. The van der Waals surface area contributed by atoms with Crippen molar-refractivity contribution in [1.29, 1.82) is 0 Å². The molecule has 0 unspecified atom stereocenters. The average Bonchev–Trinajstić information content (AvgIpc) is 3.10. The summed E-state index contributed by atoms with van der Waals surface area (Å²) in [6, 6.07) is 0.533. The number of nitrogens with one attached hydrogen (secondary N) is 2. The summed E-state index contributed by atoms with van der Waals surface area (Å²) in [6.07, 6.45) is 8.71. The van der Waals surface area contributed by atoms with Crippen LogP contribution in [0.15, 0.2) is 11.3 Å². The van der Waals surface area contributed by atoms with E-state index in [1.165, 1.54) is 25.7 Å². The first-order chi connectivity index (χ1) is 12.7. The van der Waals surface area contributed by atoms with Gasteiger partial charge in [-0.15, -0.1) is 10.2 Å². The van der Waals surface area contributed by atoms with Crippen LogP contribution in [0.25, 0.3) is 0 Å². The monoisotopic (exact) mass is 364 g/mol. The van der Waals surface area contributed by atoms with E-state index in [4.69, 9.17) is 9.73 Å². The van der Waals surface area contributed by atoms with Gasteiger partial charge in [0.25, 0.3) is 0 Å². The highest BCUT2D eigenvalue weighted by Crippen LogP contribution is 2.23. The Morgan fingerprint density at radius 1 is 1.31 bits per heavy atom. The number of aryl methyl sites for hydroxylation is 1. The number of nitrogens with zero attached hydrogens (tertiary/aromatic N) is 4. The van der Waals surface area contributed by atoms with E-state index >= 15 is 0 Å². The lowest BCUT2D eigenvalue weighted by atomic mass is 9.87. The molecule has 1 aromatic rings. The Morgan fingerprint density at radius 2 is 2.12 bits per heavy atom. The zero-order valence-electron chi connectivity index (χ0n) is 16.7. The van der Waals surface area contributed by atoms with Crippen LogP contribution in [0.1, 0.15) is 58.7 Å². The third-order valence-electron chi connectivity index (χ3n) is 4.93. The first-order valence-corrected chi connectivity index (χ1v) is 10.2. The Balaban J connectivity index is 1.81. The summed E-state index contributed by atoms with van der Waals surface area (Å²) in [5.41, 5.74) is 0. The van der Waals surface area contributed by atoms with E-state index in [-0.39, 0.29) is 0 Å². The number of rotatable bonds is 10. The molecule has 0 radical (unpaired) electrons. The fourth-order valence-electron chi connectivity index (χ4n) is 3.29. The smallest absolute Gasteiger partial charge is 0.191 e. The van der Waals surface area contributed by atoms with Crippen molar-refractivity contribution in [3.8, 4) is 0 Å². The van der Waals surface area contributed by atoms with Crippen molar-refractivity contribution in [3.05, 3.63) is 12.2 Å². The van der Waals surface area contributed by atoms with Gasteiger partial charge in [0.1, 0.15) is 12.2 Å². The quantitative estimate of drug-likeness (QED) is 0.379. The van der Waals surface area contributed by atoms with Gasteiger partial charge in [-0.1, -0.05) is 13.8 Å². The molecule has 0 amide bonds. The Morgan fingerprint density at radius 3 is 2.85 bits per heavy atom. The molecule has 0 aliphatic heterocycles. The topological polar surface area (TPSA) is 76.4 Å². The van der Waals surface area contributed by atoms with Gasteiger partial charge in [0.15, 0.2) is 5.96 Å². The second-order valence-corrected chi connectivity index (χ2v) is 7.10. The maximum Gasteiger partial charge on any atom is 0.191 e. The van der Waals surface area contributed by atoms with Crippen LogP contribution in [-0.2, 0) is 17.7 Å². The Hall–Kier alpha value is -1.63. The standard InChI is InChI=1S/C19H36N6O/c1-4-18-24-22-15-25(18)13-12-21-19(20-11-6-14-26-5-2)23-17-9-7-16(3)8-10-17/h15-17H,4-14H2,1-3H3,(H2,20,21,23). The molecule has 0 bridgehead atoms. The molecule has 2 rings (SSSR count). The maximum absolute atomic E-state index is 5.41. The van der Waals surface area contributed by atoms with E-state index < -0.39 is 0 Å². The van der Waals surface area contributed by atoms with E-state index in [1.54, 1.807) is 6.33 Å². The summed E-state index contributed by atoms with van der Waals surface area (Å²) in [4.78, 5) is 4.74. The molecule has 7 nitrogen and oxygen atoms in total. The predicted molar refractivity (Wildman–Crippen MR) is 105 cm³/mol. The Bertz CT molecular complexity index is 522. The lowest BCUT2D eigenvalue weighted by Crippen LogP contribution is -2.45. The molecule has 1 fully saturated rings. The van der Waals surface area contributed by atoms with E-state index in [1.807, 2.05) is 6.92 Å². The van der Waals surface area contributed by atoms with Crippen LogP contribution in [0.4, 0.5) is 0 Å². The van der Waals surface area contributed by atoms with Crippen LogP contribution >= 0.6 is 0 Å². The largest absolute Gasteiger partial charge is 0.382 e. The highest BCUT2D eigenvalue weighted by Gasteiger charge is 2.18. The first-order valence-electron chi connectivity index (χ1n) is 10.2. The third-order valence-corrected chi connectivity index (χ3v) is 4.93. The molecule has 7 heteroatoms. The minimum atomic E-state index is 0.533. The summed E-state index contributed by atoms with van der Waals surface area (Å²) in [5, 5.41) is 15.2. The molecule has 0 atom stereocenters. The summed E-state index contributed by atoms with van der Waals surface area (Å²) >= 11 is 0. The molecule has 2 N–H and O–H groups in total. The normalized spacial score (nSPS) is 21.0. The summed E-state index contributed by atoms with van der Waals surface area (Å²) in [7, 11) is 0. The number of guanidine groups is 1. The van der Waals surface area contributed by atoms with Crippen molar-refractivity contribution in [1.82, 2.24) is 25.4 Å². The van der Waals surface area contributed by atoms with Crippen LogP contribution in [0.5, 0.6) is 0 Å². The summed E-state index contributed by atoms with van der Waals surface area (Å²) < 4.78 is 7.50. The van der Waals surface area contributed by atoms with Crippen LogP contribution in [0, 0.1) is 5.92 Å². The number of ether oxygens (including phenoxy) is 1. The van der Waals surface area contributed by atoms with Gasteiger partial charge in [-0.05, 0) is 44.9 Å². The zero-order valence-corrected chi connectivity index (χ0v) is 16.7. The summed E-state index contributed by atoms with van der Waals surface area (Å²) in [5.74, 6) is 2.80. The van der Waals surface area contributed by atoms with Crippen molar-refractivity contribution in [2.75, 3.05) is 26.3 Å². The fourth-order valence-corrected chi connectivity index (χ4v) is 3.29.